The second-order valence-corrected chi connectivity index (χ2v) is 7.66. The Hall–Kier alpha value is -2.79. The fraction of sp³-hybridized carbons (Fsp3) is 0.450. The Bertz CT molecular complexity index is 1060. The van der Waals surface area contributed by atoms with Crippen molar-refractivity contribution >= 4 is 17.0 Å². The Morgan fingerprint density at radius 3 is 2.80 bits per heavy atom. The summed E-state index contributed by atoms with van der Waals surface area (Å²) in [6.45, 7) is 1.61. The molecule has 2 aromatic heterocycles. The Morgan fingerprint density at radius 1 is 1.17 bits per heavy atom. The summed E-state index contributed by atoms with van der Waals surface area (Å²) < 4.78 is 13.2. The van der Waals surface area contributed by atoms with Gasteiger partial charge in [-0.05, 0) is 25.0 Å². The summed E-state index contributed by atoms with van der Waals surface area (Å²) >= 11 is 0. The minimum atomic E-state index is -1.21. The van der Waals surface area contributed by atoms with Crippen LogP contribution in [0.25, 0.3) is 11.2 Å². The molecule has 158 valence electrons. The van der Waals surface area contributed by atoms with Crippen LogP contribution in [0.4, 0.5) is 5.82 Å². The molecule has 5 rings (SSSR count). The van der Waals surface area contributed by atoms with Gasteiger partial charge >= 0.3 is 0 Å². The molecular formula is C20H23N5O5. The highest BCUT2D eigenvalue weighted by Crippen LogP contribution is 2.33. The van der Waals surface area contributed by atoms with E-state index in [-0.39, 0.29) is 12.1 Å². The average molecular weight is 413 g/mol. The summed E-state index contributed by atoms with van der Waals surface area (Å²) in [7, 11) is 0. The maximum Gasteiger partial charge on any atom is 0.167 e. The molecule has 0 aliphatic carbocycles. The smallest absolute Gasteiger partial charge is 0.167 e. The van der Waals surface area contributed by atoms with Crippen LogP contribution in [0.15, 0.2) is 36.9 Å². The predicted octanol–water partition coefficient (Wildman–Crippen LogP) is 0.242. The number of imidazole rings is 1. The van der Waals surface area contributed by atoms with Crippen LogP contribution < -0.4 is 10.1 Å². The lowest BCUT2D eigenvalue weighted by atomic mass is 9.98. The number of fused-ring (bicyclic) bond motifs is 2. The van der Waals surface area contributed by atoms with Gasteiger partial charge in [0.25, 0.3) is 0 Å². The molecule has 1 fully saturated rings. The monoisotopic (exact) mass is 413 g/mol. The average Bonchev–Trinajstić information content (AvgIpc) is 3.30. The predicted molar refractivity (Wildman–Crippen MR) is 106 cm³/mol. The van der Waals surface area contributed by atoms with Crippen LogP contribution in [0.3, 0.4) is 0 Å². The molecule has 30 heavy (non-hydrogen) atoms. The van der Waals surface area contributed by atoms with Crippen LogP contribution in [0.1, 0.15) is 18.7 Å². The second kappa shape index (κ2) is 7.47. The number of ether oxygens (including phenoxy) is 2. The number of benzene rings is 1. The fourth-order valence-electron chi connectivity index (χ4n) is 4.07. The zero-order valence-corrected chi connectivity index (χ0v) is 16.3. The van der Waals surface area contributed by atoms with Gasteiger partial charge in [-0.3, -0.25) is 4.57 Å². The minimum Gasteiger partial charge on any atom is -0.488 e. The van der Waals surface area contributed by atoms with E-state index < -0.39 is 31.1 Å². The van der Waals surface area contributed by atoms with Gasteiger partial charge in [0.1, 0.15) is 36.5 Å². The maximum atomic E-state index is 10.3. The van der Waals surface area contributed by atoms with Crippen molar-refractivity contribution in [1.82, 2.24) is 19.5 Å². The molecule has 1 aromatic carbocycles. The van der Waals surface area contributed by atoms with Crippen molar-refractivity contribution in [2.75, 3.05) is 11.9 Å². The molecule has 10 nitrogen and oxygen atoms in total. The van der Waals surface area contributed by atoms with E-state index in [1.165, 1.54) is 12.7 Å². The van der Waals surface area contributed by atoms with Crippen molar-refractivity contribution < 1.29 is 24.8 Å². The molecule has 0 unspecified atom stereocenters. The summed E-state index contributed by atoms with van der Waals surface area (Å²) in [5.41, 5.74) is 2.09. The number of rotatable bonds is 4. The summed E-state index contributed by atoms with van der Waals surface area (Å²) in [6.07, 6.45) is -0.596. The summed E-state index contributed by atoms with van der Waals surface area (Å²) in [5.74, 6) is 1.44. The van der Waals surface area contributed by atoms with Crippen LogP contribution in [0.2, 0.25) is 0 Å². The molecule has 0 saturated carbocycles. The number of aromatic nitrogens is 4. The molecule has 4 heterocycles. The first kappa shape index (κ1) is 19.2. The molecule has 2 aliphatic rings. The number of para-hydroxylation sites is 1. The van der Waals surface area contributed by atoms with Gasteiger partial charge in [0.2, 0.25) is 0 Å². The van der Waals surface area contributed by atoms with Crippen molar-refractivity contribution in [3.63, 3.8) is 0 Å². The lowest BCUT2D eigenvalue weighted by Crippen LogP contribution is -2.41. The summed E-state index contributed by atoms with van der Waals surface area (Å²) in [6, 6.07) is 7.94. The Balaban J connectivity index is 1.43. The third-order valence-electron chi connectivity index (χ3n) is 5.76. The molecule has 6 atom stereocenters. The summed E-state index contributed by atoms with van der Waals surface area (Å²) in [4.78, 5) is 13.0. The van der Waals surface area contributed by atoms with Gasteiger partial charge in [0.05, 0.1) is 19.0 Å². The number of hydrogen-bond donors (Lipinski definition) is 4. The van der Waals surface area contributed by atoms with Crippen molar-refractivity contribution in [2.24, 2.45) is 0 Å². The molecule has 10 heteroatoms. The number of aliphatic hydroxyl groups is 3. The Morgan fingerprint density at radius 2 is 2.00 bits per heavy atom. The van der Waals surface area contributed by atoms with Crippen LogP contribution >= 0.6 is 0 Å². The lowest BCUT2D eigenvalue weighted by molar-refractivity contribution is -0.0511. The number of hydrogen-bond acceptors (Lipinski definition) is 9. The van der Waals surface area contributed by atoms with Gasteiger partial charge in [0, 0.05) is 0 Å². The summed E-state index contributed by atoms with van der Waals surface area (Å²) in [5, 5.41) is 33.1. The van der Waals surface area contributed by atoms with Gasteiger partial charge < -0.3 is 30.1 Å². The maximum absolute atomic E-state index is 10.3. The SMILES string of the molecule is C[C@H]1Oc2ccccc2C[C@H]1Nc1ncnc2c1ncn2[C@@H]1O[C@H](CO)[C@@H](O)[C@H]1O. The van der Waals surface area contributed by atoms with Gasteiger partial charge in [-0.1, -0.05) is 18.2 Å². The van der Waals surface area contributed by atoms with Gasteiger partial charge in [0.15, 0.2) is 23.2 Å². The van der Waals surface area contributed by atoms with E-state index in [0.717, 1.165) is 17.7 Å². The van der Waals surface area contributed by atoms with E-state index in [9.17, 15) is 15.3 Å². The Kier molecular flexibility index (Phi) is 4.78. The van der Waals surface area contributed by atoms with Gasteiger partial charge in [-0.2, -0.15) is 0 Å². The van der Waals surface area contributed by atoms with Crippen LogP contribution in [-0.2, 0) is 11.2 Å². The molecule has 0 bridgehead atoms. The standard InChI is InChI=1S/C20H23N5O5/c1-10-12(6-11-4-2-3-5-13(11)29-10)24-18-15-19(22-8-21-18)25(9-23-15)20-17(28)16(27)14(7-26)30-20/h2-5,8-10,12,14,16-17,20,26-28H,6-7H2,1H3,(H,21,22,24)/t10-,12-,14-,16-,17-,20-/m1/s1. The van der Waals surface area contributed by atoms with Crippen molar-refractivity contribution in [1.29, 1.82) is 0 Å². The number of nitrogens with zero attached hydrogens (tertiary/aromatic N) is 4. The first-order valence-corrected chi connectivity index (χ1v) is 9.88. The molecule has 0 amide bonds. The van der Waals surface area contributed by atoms with Crippen molar-refractivity contribution in [3.8, 4) is 5.75 Å². The second-order valence-electron chi connectivity index (χ2n) is 7.66. The third-order valence-corrected chi connectivity index (χ3v) is 5.76. The first-order valence-electron chi connectivity index (χ1n) is 9.88. The van der Waals surface area contributed by atoms with E-state index in [1.54, 1.807) is 4.57 Å². The van der Waals surface area contributed by atoms with E-state index >= 15 is 0 Å². The largest absolute Gasteiger partial charge is 0.488 e. The lowest BCUT2D eigenvalue weighted by Gasteiger charge is -2.32. The topological polar surface area (TPSA) is 135 Å². The zero-order chi connectivity index (χ0) is 20.8. The highest BCUT2D eigenvalue weighted by molar-refractivity contribution is 5.83. The normalized spacial score (nSPS) is 30.8. The molecule has 3 aromatic rings. The molecule has 4 N–H and O–H groups in total. The van der Waals surface area contributed by atoms with Gasteiger partial charge in [-0.25, -0.2) is 15.0 Å². The van der Waals surface area contributed by atoms with Crippen LogP contribution in [-0.4, -0.2) is 71.9 Å². The van der Waals surface area contributed by atoms with Crippen molar-refractivity contribution in [2.45, 2.75) is 50.0 Å². The molecule has 0 radical (unpaired) electrons. The fourth-order valence-corrected chi connectivity index (χ4v) is 4.07. The number of anilines is 1. The third kappa shape index (κ3) is 3.08. The first-order chi connectivity index (χ1) is 14.6. The van der Waals surface area contributed by atoms with E-state index in [2.05, 4.69) is 20.3 Å². The number of aliphatic hydroxyl groups excluding tert-OH is 3. The molecule has 1 saturated heterocycles. The van der Waals surface area contributed by atoms with E-state index in [0.29, 0.717) is 17.0 Å². The quantitative estimate of drug-likeness (QED) is 0.474. The zero-order valence-electron chi connectivity index (χ0n) is 16.3. The molecular weight excluding hydrogens is 390 g/mol. The highest BCUT2D eigenvalue weighted by Gasteiger charge is 2.44. The van der Waals surface area contributed by atoms with Crippen LogP contribution in [0.5, 0.6) is 5.75 Å². The van der Waals surface area contributed by atoms with Gasteiger partial charge in [-0.15, -0.1) is 0 Å². The van der Waals surface area contributed by atoms with Crippen LogP contribution in [0, 0.1) is 0 Å². The van der Waals surface area contributed by atoms with E-state index in [1.807, 2.05) is 31.2 Å². The Labute approximate surface area is 172 Å². The molecule has 2 aliphatic heterocycles. The molecule has 0 spiro atoms. The number of nitrogens with one attached hydrogen (secondary N) is 1. The van der Waals surface area contributed by atoms with Crippen molar-refractivity contribution in [3.05, 3.63) is 42.5 Å². The van der Waals surface area contributed by atoms with E-state index in [4.69, 9.17) is 9.47 Å². The minimum absolute atomic E-state index is 0.0166. The highest BCUT2D eigenvalue weighted by atomic mass is 16.6.